The number of hydrogen-bond acceptors (Lipinski definition) is 6. The van der Waals surface area contributed by atoms with Gasteiger partial charge in [-0.25, -0.2) is 9.89 Å². The van der Waals surface area contributed by atoms with Gasteiger partial charge in [0.15, 0.2) is 0 Å². The van der Waals surface area contributed by atoms with E-state index >= 15 is 0 Å². The molecule has 5 rings (SSSR count). The van der Waals surface area contributed by atoms with Crippen molar-refractivity contribution in [2.45, 2.75) is 6.42 Å². The Morgan fingerprint density at radius 3 is 1.94 bits per heavy atom. The van der Waals surface area contributed by atoms with Crippen LogP contribution in [0.25, 0.3) is 22.4 Å². The Balaban J connectivity index is 1.36. The van der Waals surface area contributed by atoms with Crippen molar-refractivity contribution < 1.29 is 19.1 Å². The van der Waals surface area contributed by atoms with Crippen LogP contribution in [0.4, 0.5) is 0 Å². The lowest BCUT2D eigenvalue weighted by atomic mass is 9.95. The zero-order chi connectivity index (χ0) is 25.1. The number of esters is 1. The average Bonchev–Trinajstić information content (AvgIpc) is 3.16. The molecule has 1 aliphatic rings. The van der Waals surface area contributed by atoms with Crippen molar-refractivity contribution in [3.63, 3.8) is 0 Å². The number of hydrogen-bond donors (Lipinski definition) is 1. The number of carbonyl (C=O) groups excluding carboxylic acids is 3. The number of fused-ring (bicyclic) bond motifs is 1. The summed E-state index contributed by atoms with van der Waals surface area (Å²) in [6.45, 7) is 0.00996. The summed E-state index contributed by atoms with van der Waals surface area (Å²) in [6, 6.07) is 24.9. The van der Waals surface area contributed by atoms with E-state index in [9.17, 15) is 19.2 Å². The summed E-state index contributed by atoms with van der Waals surface area (Å²) < 4.78 is 5.43. The summed E-state index contributed by atoms with van der Waals surface area (Å²) in [7, 11) is 0. The standard InChI is InChI=1S/C28H21N3O5/c32-25-23(22(18-10-3-1-4-11-18)24(29-30-25)19-12-5-2-6-13-19)28(35)36-17-9-16-31-26(33)20-14-7-8-15-21(20)27(31)34/h1-8,10-15H,9,16-17H2,(H,30,32). The van der Waals surface area contributed by atoms with Gasteiger partial charge in [0.1, 0.15) is 5.56 Å². The van der Waals surface area contributed by atoms with Crippen LogP contribution in [-0.2, 0) is 4.74 Å². The van der Waals surface area contributed by atoms with Gasteiger partial charge >= 0.3 is 5.97 Å². The maximum absolute atomic E-state index is 13.1. The molecule has 1 aromatic heterocycles. The first-order valence-electron chi connectivity index (χ1n) is 11.4. The van der Waals surface area contributed by atoms with E-state index < -0.39 is 11.5 Å². The van der Waals surface area contributed by atoms with Gasteiger partial charge in [-0.05, 0) is 24.1 Å². The van der Waals surface area contributed by atoms with Gasteiger partial charge in [0.25, 0.3) is 17.4 Å². The molecule has 2 heterocycles. The largest absolute Gasteiger partial charge is 0.462 e. The Morgan fingerprint density at radius 1 is 0.778 bits per heavy atom. The van der Waals surface area contributed by atoms with Crippen LogP contribution in [0.3, 0.4) is 0 Å². The van der Waals surface area contributed by atoms with Crippen LogP contribution in [0, 0.1) is 0 Å². The normalized spacial score (nSPS) is 12.5. The van der Waals surface area contributed by atoms with E-state index in [1.54, 1.807) is 36.4 Å². The Hall–Kier alpha value is -4.85. The Bertz CT molecular complexity index is 1480. The minimum absolute atomic E-state index is 0.0805. The van der Waals surface area contributed by atoms with Gasteiger partial charge in [-0.2, -0.15) is 5.10 Å². The quantitative estimate of drug-likeness (QED) is 0.244. The third kappa shape index (κ3) is 4.20. The molecule has 8 heteroatoms. The van der Waals surface area contributed by atoms with Crippen LogP contribution in [0.1, 0.15) is 37.5 Å². The number of H-pyrrole nitrogens is 1. The van der Waals surface area contributed by atoms with Crippen LogP contribution >= 0.6 is 0 Å². The molecular weight excluding hydrogens is 458 g/mol. The molecule has 3 aromatic carbocycles. The third-order valence-electron chi connectivity index (χ3n) is 5.93. The van der Waals surface area contributed by atoms with Crippen LogP contribution in [-0.4, -0.2) is 46.0 Å². The molecule has 4 aromatic rings. The fourth-order valence-corrected chi connectivity index (χ4v) is 4.24. The lowest BCUT2D eigenvalue weighted by molar-refractivity contribution is 0.0481. The molecule has 0 atom stereocenters. The van der Waals surface area contributed by atoms with Gasteiger partial charge in [-0.1, -0.05) is 72.8 Å². The second-order valence-electron chi connectivity index (χ2n) is 8.18. The number of nitrogens with zero attached hydrogens (tertiary/aromatic N) is 2. The second-order valence-corrected chi connectivity index (χ2v) is 8.18. The summed E-state index contributed by atoms with van der Waals surface area (Å²) in [5.74, 6) is -1.55. The summed E-state index contributed by atoms with van der Waals surface area (Å²) >= 11 is 0. The minimum atomic E-state index is -0.808. The van der Waals surface area contributed by atoms with E-state index in [0.717, 1.165) is 10.5 Å². The van der Waals surface area contributed by atoms with Crippen molar-refractivity contribution in [2.24, 2.45) is 0 Å². The number of aromatic amines is 1. The van der Waals surface area contributed by atoms with Crippen molar-refractivity contribution in [1.82, 2.24) is 15.1 Å². The maximum Gasteiger partial charge on any atom is 0.344 e. The number of benzene rings is 3. The molecule has 1 N–H and O–H groups in total. The van der Waals surface area contributed by atoms with Crippen LogP contribution < -0.4 is 5.56 Å². The maximum atomic E-state index is 13.1. The molecular formula is C28H21N3O5. The second kappa shape index (κ2) is 9.79. The SMILES string of the molecule is O=C(OCCCN1C(=O)c2ccccc2C1=O)c1c(-c2ccccc2)c(-c2ccccc2)n[nH]c1=O. The zero-order valence-electron chi connectivity index (χ0n) is 19.1. The van der Waals surface area contributed by atoms with Crippen LogP contribution in [0.5, 0.6) is 0 Å². The fourth-order valence-electron chi connectivity index (χ4n) is 4.24. The smallest absolute Gasteiger partial charge is 0.344 e. The highest BCUT2D eigenvalue weighted by Crippen LogP contribution is 2.32. The third-order valence-corrected chi connectivity index (χ3v) is 5.93. The van der Waals surface area contributed by atoms with Gasteiger partial charge in [0.05, 0.1) is 23.4 Å². The molecule has 0 aliphatic carbocycles. The highest BCUT2D eigenvalue weighted by molar-refractivity contribution is 6.21. The number of imide groups is 1. The number of ether oxygens (including phenoxy) is 1. The summed E-state index contributed by atoms with van der Waals surface area (Å²) in [5.41, 5.74) is 2.10. The average molecular weight is 479 g/mol. The van der Waals surface area contributed by atoms with Gasteiger partial charge in [-0.3, -0.25) is 19.3 Å². The molecule has 178 valence electrons. The molecule has 36 heavy (non-hydrogen) atoms. The van der Waals surface area contributed by atoms with Crippen molar-refractivity contribution in [1.29, 1.82) is 0 Å². The van der Waals surface area contributed by atoms with Gasteiger partial charge in [0.2, 0.25) is 0 Å². The highest BCUT2D eigenvalue weighted by atomic mass is 16.5. The van der Waals surface area contributed by atoms with Crippen molar-refractivity contribution in [3.05, 3.63) is 112 Å². The highest BCUT2D eigenvalue weighted by Gasteiger charge is 2.34. The minimum Gasteiger partial charge on any atom is -0.462 e. The van der Waals surface area contributed by atoms with Gasteiger partial charge in [0, 0.05) is 17.7 Å². The molecule has 0 radical (unpaired) electrons. The first kappa shape index (κ1) is 22.9. The molecule has 0 unspecified atom stereocenters. The van der Waals surface area contributed by atoms with E-state index in [1.807, 2.05) is 48.5 Å². The molecule has 1 aliphatic heterocycles. The summed E-state index contributed by atoms with van der Waals surface area (Å²) in [5, 5.41) is 6.64. The van der Waals surface area contributed by atoms with E-state index in [-0.39, 0.29) is 37.0 Å². The van der Waals surface area contributed by atoms with E-state index in [1.165, 1.54) is 0 Å². The van der Waals surface area contributed by atoms with Crippen molar-refractivity contribution in [2.75, 3.05) is 13.2 Å². The predicted molar refractivity (Wildman–Crippen MR) is 132 cm³/mol. The summed E-state index contributed by atoms with van der Waals surface area (Å²) in [4.78, 5) is 52.1. The Labute approximate surface area is 206 Å². The topological polar surface area (TPSA) is 109 Å². The van der Waals surface area contributed by atoms with Gasteiger partial charge in [-0.15, -0.1) is 0 Å². The summed E-state index contributed by atoms with van der Waals surface area (Å²) in [6.07, 6.45) is 0.229. The molecule has 0 saturated carbocycles. The molecule has 2 amide bonds. The van der Waals surface area contributed by atoms with E-state index in [2.05, 4.69) is 10.2 Å². The Kier molecular flexibility index (Phi) is 6.23. The van der Waals surface area contributed by atoms with Gasteiger partial charge < -0.3 is 4.74 Å². The monoisotopic (exact) mass is 479 g/mol. The number of amides is 2. The van der Waals surface area contributed by atoms with Crippen LogP contribution in [0.15, 0.2) is 89.7 Å². The molecule has 0 fully saturated rings. The zero-order valence-corrected chi connectivity index (χ0v) is 19.1. The first-order chi connectivity index (χ1) is 17.6. The molecule has 0 spiro atoms. The molecule has 8 nitrogen and oxygen atoms in total. The Morgan fingerprint density at radius 2 is 1.33 bits per heavy atom. The number of aromatic nitrogens is 2. The fraction of sp³-hybridized carbons (Fsp3) is 0.107. The lowest BCUT2D eigenvalue weighted by Gasteiger charge is -2.15. The lowest BCUT2D eigenvalue weighted by Crippen LogP contribution is -2.31. The van der Waals surface area contributed by atoms with E-state index in [4.69, 9.17) is 4.74 Å². The first-order valence-corrected chi connectivity index (χ1v) is 11.4. The van der Waals surface area contributed by atoms with Crippen molar-refractivity contribution in [3.8, 4) is 22.4 Å². The number of nitrogens with one attached hydrogen (secondary N) is 1. The van der Waals surface area contributed by atoms with Crippen LogP contribution in [0.2, 0.25) is 0 Å². The number of rotatable bonds is 7. The predicted octanol–water partition coefficient (Wildman–Crippen LogP) is 3.95. The molecule has 0 saturated heterocycles. The van der Waals surface area contributed by atoms with Crippen molar-refractivity contribution >= 4 is 17.8 Å². The van der Waals surface area contributed by atoms with E-state index in [0.29, 0.717) is 27.9 Å². The molecule has 0 bridgehead atoms. The number of carbonyl (C=O) groups is 3.